The molecule has 0 spiro atoms. The van der Waals surface area contributed by atoms with Gasteiger partial charge in [0.25, 0.3) is 0 Å². The summed E-state index contributed by atoms with van der Waals surface area (Å²) >= 11 is 0. The molecule has 0 bridgehead atoms. The molecule has 1 aromatic rings. The molecule has 0 saturated carbocycles. The van der Waals surface area contributed by atoms with E-state index < -0.39 is 31.0 Å². The minimum atomic E-state index is -3.75. The molecule has 1 aromatic carbocycles. The maximum atomic E-state index is 13.2. The van der Waals surface area contributed by atoms with Crippen molar-refractivity contribution in [1.29, 1.82) is 0 Å². The third-order valence-corrected chi connectivity index (χ3v) is 9.55. The zero-order chi connectivity index (χ0) is 19.9. The average Bonchev–Trinajstić information content (AvgIpc) is 3.19. The third kappa shape index (κ3) is 4.72. The Morgan fingerprint density at radius 1 is 1.15 bits per heavy atom. The van der Waals surface area contributed by atoms with E-state index in [4.69, 9.17) is 4.74 Å². The van der Waals surface area contributed by atoms with E-state index in [1.54, 1.807) is 12.1 Å². The lowest BCUT2D eigenvalue weighted by molar-refractivity contribution is 0.108. The molecule has 0 aromatic heterocycles. The first kappa shape index (κ1) is 20.8. The third-order valence-electron chi connectivity index (χ3n) is 5.38. The van der Waals surface area contributed by atoms with Gasteiger partial charge in [-0.15, -0.1) is 0 Å². The van der Waals surface area contributed by atoms with Crippen molar-refractivity contribution in [2.24, 2.45) is 0 Å². The highest BCUT2D eigenvalue weighted by Gasteiger charge is 2.45. The zero-order valence-electron chi connectivity index (χ0n) is 16.1. The maximum absolute atomic E-state index is 13.2. The number of nitrogens with one attached hydrogen (secondary N) is 1. The molecule has 3 atom stereocenters. The van der Waals surface area contributed by atoms with Gasteiger partial charge in [0, 0.05) is 19.2 Å². The van der Waals surface area contributed by atoms with E-state index in [2.05, 4.69) is 26.1 Å². The first-order valence-corrected chi connectivity index (χ1v) is 12.8. The van der Waals surface area contributed by atoms with Crippen LogP contribution in [0, 0.1) is 0 Å². The van der Waals surface area contributed by atoms with E-state index in [1.807, 2.05) is 12.1 Å². The van der Waals surface area contributed by atoms with Crippen molar-refractivity contribution in [2.75, 3.05) is 24.7 Å². The Bertz CT molecular complexity index is 864. The topological polar surface area (TPSA) is 89.5 Å². The van der Waals surface area contributed by atoms with Gasteiger partial charge in [-0.05, 0) is 36.0 Å². The molecule has 1 N–H and O–H groups in total. The van der Waals surface area contributed by atoms with E-state index in [-0.39, 0.29) is 27.9 Å². The Morgan fingerprint density at radius 3 is 2.37 bits per heavy atom. The second-order valence-electron chi connectivity index (χ2n) is 8.58. The lowest BCUT2D eigenvalue weighted by Crippen LogP contribution is -2.45. The van der Waals surface area contributed by atoms with Gasteiger partial charge in [-0.2, -0.15) is 0 Å². The normalized spacial score (nSPS) is 28.5. The summed E-state index contributed by atoms with van der Waals surface area (Å²) in [5.74, 6) is -0.483. The summed E-state index contributed by atoms with van der Waals surface area (Å²) in [5, 5.41) is 2.19. The van der Waals surface area contributed by atoms with Crippen LogP contribution in [0.2, 0.25) is 0 Å². The summed E-state index contributed by atoms with van der Waals surface area (Å²) in [6.07, 6.45) is 1.93. The van der Waals surface area contributed by atoms with Gasteiger partial charge in [0.05, 0.1) is 27.8 Å². The fourth-order valence-electron chi connectivity index (χ4n) is 3.72. The molecule has 2 heterocycles. The molecule has 2 saturated heterocycles. The molecule has 27 heavy (non-hydrogen) atoms. The maximum Gasteiger partial charge on any atom is 0.183 e. The lowest BCUT2D eigenvalue weighted by atomic mass is 9.87. The summed E-state index contributed by atoms with van der Waals surface area (Å²) in [7, 11) is -7.14. The molecule has 3 rings (SSSR count). The van der Waals surface area contributed by atoms with Gasteiger partial charge in [0.1, 0.15) is 0 Å². The number of hydrogen-bond acceptors (Lipinski definition) is 6. The standard InChI is InChI=1S/C19H29NO5S2/c1-19(2,3)14-6-8-16(9-7-14)27(23,24)18-13-26(21,22)12-17(18)20-11-15-5-4-10-25-15/h6-9,15,17-18,20H,4-5,10-13H2,1-3H3/t15?,17-,18-/m0/s1. The van der Waals surface area contributed by atoms with Crippen LogP contribution in [-0.4, -0.2) is 58.9 Å². The smallest absolute Gasteiger partial charge is 0.183 e. The summed E-state index contributed by atoms with van der Waals surface area (Å²) < 4.78 is 56.2. The zero-order valence-corrected chi connectivity index (χ0v) is 17.8. The summed E-state index contributed by atoms with van der Waals surface area (Å²) in [6.45, 7) is 7.37. The quantitative estimate of drug-likeness (QED) is 0.787. The van der Waals surface area contributed by atoms with Crippen molar-refractivity contribution in [2.45, 2.75) is 61.3 Å². The van der Waals surface area contributed by atoms with Gasteiger partial charge in [0.15, 0.2) is 19.7 Å². The predicted molar refractivity (Wildman–Crippen MR) is 106 cm³/mol. The Morgan fingerprint density at radius 2 is 1.81 bits per heavy atom. The molecule has 0 radical (unpaired) electrons. The lowest BCUT2D eigenvalue weighted by Gasteiger charge is -2.23. The second kappa shape index (κ2) is 7.46. The van der Waals surface area contributed by atoms with Crippen LogP contribution in [-0.2, 0) is 29.8 Å². The van der Waals surface area contributed by atoms with Gasteiger partial charge in [-0.25, -0.2) is 16.8 Å². The van der Waals surface area contributed by atoms with Crippen molar-refractivity contribution < 1.29 is 21.6 Å². The van der Waals surface area contributed by atoms with Crippen LogP contribution in [0.4, 0.5) is 0 Å². The van der Waals surface area contributed by atoms with Crippen LogP contribution < -0.4 is 5.32 Å². The molecule has 1 unspecified atom stereocenters. The highest BCUT2D eigenvalue weighted by molar-refractivity contribution is 7.96. The van der Waals surface area contributed by atoms with Gasteiger partial charge < -0.3 is 10.1 Å². The van der Waals surface area contributed by atoms with E-state index in [1.165, 1.54) is 0 Å². The van der Waals surface area contributed by atoms with Gasteiger partial charge in [0.2, 0.25) is 0 Å². The van der Waals surface area contributed by atoms with Crippen LogP contribution in [0.5, 0.6) is 0 Å². The van der Waals surface area contributed by atoms with Crippen LogP contribution in [0.25, 0.3) is 0 Å². The highest BCUT2D eigenvalue weighted by Crippen LogP contribution is 2.29. The summed E-state index contributed by atoms with van der Waals surface area (Å²) in [4.78, 5) is 0.182. The largest absolute Gasteiger partial charge is 0.377 e. The Kier molecular flexibility index (Phi) is 5.74. The van der Waals surface area contributed by atoms with Crippen molar-refractivity contribution in [3.05, 3.63) is 29.8 Å². The van der Waals surface area contributed by atoms with E-state index in [0.717, 1.165) is 18.4 Å². The van der Waals surface area contributed by atoms with Crippen molar-refractivity contribution in [3.63, 3.8) is 0 Å². The first-order chi connectivity index (χ1) is 12.5. The number of sulfone groups is 2. The summed E-state index contributed by atoms with van der Waals surface area (Å²) in [5.41, 5.74) is 0.957. The van der Waals surface area contributed by atoms with Crippen molar-refractivity contribution in [1.82, 2.24) is 5.32 Å². The Balaban J connectivity index is 1.81. The second-order valence-corrected chi connectivity index (χ2v) is 12.9. The fraction of sp³-hybridized carbons (Fsp3) is 0.684. The summed E-state index contributed by atoms with van der Waals surface area (Å²) in [6, 6.07) is 6.21. The van der Waals surface area contributed by atoms with Crippen LogP contribution >= 0.6 is 0 Å². The molecule has 0 amide bonds. The van der Waals surface area contributed by atoms with Crippen LogP contribution in [0.3, 0.4) is 0 Å². The molecule has 6 nitrogen and oxygen atoms in total. The first-order valence-electron chi connectivity index (χ1n) is 9.39. The number of benzene rings is 1. The van der Waals surface area contributed by atoms with Gasteiger partial charge in [-0.3, -0.25) is 0 Å². The molecule has 0 aliphatic carbocycles. The highest BCUT2D eigenvalue weighted by atomic mass is 32.2. The minimum absolute atomic E-state index is 0.0303. The van der Waals surface area contributed by atoms with Crippen LogP contribution in [0.15, 0.2) is 29.2 Å². The number of hydrogen-bond donors (Lipinski definition) is 1. The molecule has 2 aliphatic rings. The van der Waals surface area contributed by atoms with E-state index in [9.17, 15) is 16.8 Å². The Hall–Kier alpha value is -0.960. The predicted octanol–water partition coefficient (Wildman–Crippen LogP) is 1.69. The molecule has 8 heteroatoms. The van der Waals surface area contributed by atoms with Crippen molar-refractivity contribution in [3.8, 4) is 0 Å². The Labute approximate surface area is 162 Å². The molecule has 152 valence electrons. The molecule has 2 aliphatic heterocycles. The van der Waals surface area contributed by atoms with E-state index in [0.29, 0.717) is 13.2 Å². The molecular formula is C19H29NO5S2. The molecule has 2 fully saturated rings. The van der Waals surface area contributed by atoms with E-state index >= 15 is 0 Å². The fourth-order valence-corrected chi connectivity index (χ4v) is 8.44. The SMILES string of the molecule is CC(C)(C)c1ccc(S(=O)(=O)[C@H]2CS(=O)(=O)C[C@@H]2NCC2CCCO2)cc1. The monoisotopic (exact) mass is 415 g/mol. The molecular weight excluding hydrogens is 386 g/mol. The average molecular weight is 416 g/mol. The van der Waals surface area contributed by atoms with Crippen molar-refractivity contribution >= 4 is 19.7 Å². The minimum Gasteiger partial charge on any atom is -0.377 e. The van der Waals surface area contributed by atoms with Crippen LogP contribution in [0.1, 0.15) is 39.2 Å². The van der Waals surface area contributed by atoms with Gasteiger partial charge in [-0.1, -0.05) is 32.9 Å². The number of rotatable bonds is 5. The van der Waals surface area contributed by atoms with Gasteiger partial charge >= 0.3 is 0 Å². The number of ether oxygens (including phenoxy) is 1.